The summed E-state index contributed by atoms with van der Waals surface area (Å²) in [6.07, 6.45) is 0.812. The van der Waals surface area contributed by atoms with Crippen molar-refractivity contribution in [3.63, 3.8) is 0 Å². The second-order valence-electron chi connectivity index (χ2n) is 7.06. The van der Waals surface area contributed by atoms with Crippen molar-refractivity contribution in [3.8, 4) is 0 Å². The third-order valence-corrected chi connectivity index (χ3v) is 7.49. The molecular formula is C19H23N5O5S3. The summed E-state index contributed by atoms with van der Waals surface area (Å²) >= 11 is 1.23. The Bertz CT molecular complexity index is 1370. The van der Waals surface area contributed by atoms with Crippen molar-refractivity contribution in [1.29, 1.82) is 0 Å². The number of aromatic nitrogens is 2. The molecule has 0 radical (unpaired) electrons. The molecule has 0 unspecified atom stereocenters. The first-order valence-corrected chi connectivity index (χ1v) is 13.5. The van der Waals surface area contributed by atoms with Crippen LogP contribution in [0.3, 0.4) is 0 Å². The van der Waals surface area contributed by atoms with Gasteiger partial charge in [-0.2, -0.15) is 0 Å². The van der Waals surface area contributed by atoms with Gasteiger partial charge >= 0.3 is 0 Å². The van der Waals surface area contributed by atoms with Crippen LogP contribution in [0.5, 0.6) is 0 Å². The summed E-state index contributed by atoms with van der Waals surface area (Å²) in [6, 6.07) is 10.0. The highest BCUT2D eigenvalue weighted by Gasteiger charge is 2.21. The van der Waals surface area contributed by atoms with Crippen molar-refractivity contribution in [2.45, 2.75) is 47.0 Å². The van der Waals surface area contributed by atoms with Crippen molar-refractivity contribution >= 4 is 54.4 Å². The number of anilines is 1. The molecular weight excluding hydrogens is 474 g/mol. The molecule has 172 valence electrons. The van der Waals surface area contributed by atoms with E-state index in [0.717, 1.165) is 11.9 Å². The highest BCUT2D eigenvalue weighted by Crippen LogP contribution is 2.29. The topological polar surface area (TPSA) is 167 Å². The van der Waals surface area contributed by atoms with Gasteiger partial charge in [-0.1, -0.05) is 18.7 Å². The van der Waals surface area contributed by atoms with Crippen molar-refractivity contribution < 1.29 is 21.6 Å². The van der Waals surface area contributed by atoms with Crippen molar-refractivity contribution in [2.24, 2.45) is 10.3 Å². The molecule has 0 bridgehead atoms. The van der Waals surface area contributed by atoms with Crippen LogP contribution in [-0.4, -0.2) is 37.5 Å². The molecule has 3 rings (SSSR count). The molecule has 1 aromatic heterocycles. The zero-order valence-electron chi connectivity index (χ0n) is 17.3. The standard InChI is InChI=1S/C19H23N5O5S3/c1-3-10-24-17-9-8-15(32(21,28)29)11-16(17)23-19(24)30-12(2)18(25)22-13-4-6-14(7-5-13)31(20,26)27/h4-9,11-12H,3,10H2,1-2H3,(H,22,25)(H2,20,26,27)(H2,21,28,29)/t12-/m0/s1. The second-order valence-corrected chi connectivity index (χ2v) is 11.5. The number of benzene rings is 2. The fourth-order valence-corrected chi connectivity index (χ4v) is 4.98. The second kappa shape index (κ2) is 9.19. The van der Waals surface area contributed by atoms with Gasteiger partial charge in [-0.05, 0) is 55.8 Å². The van der Waals surface area contributed by atoms with E-state index in [4.69, 9.17) is 10.3 Å². The zero-order valence-corrected chi connectivity index (χ0v) is 19.8. The molecule has 1 atom stereocenters. The van der Waals surface area contributed by atoms with Crippen molar-refractivity contribution in [2.75, 3.05) is 5.32 Å². The van der Waals surface area contributed by atoms with Gasteiger partial charge in [0.25, 0.3) is 0 Å². The monoisotopic (exact) mass is 497 g/mol. The predicted molar refractivity (Wildman–Crippen MR) is 123 cm³/mol. The number of nitrogens with one attached hydrogen (secondary N) is 1. The normalized spacial score (nSPS) is 13.2. The molecule has 0 aliphatic rings. The smallest absolute Gasteiger partial charge is 0.238 e. The van der Waals surface area contributed by atoms with Crippen LogP contribution in [0.1, 0.15) is 20.3 Å². The summed E-state index contributed by atoms with van der Waals surface area (Å²) in [7, 11) is -7.67. The SMILES string of the molecule is CCCn1c(S[C@@H](C)C(=O)Nc2ccc(S(N)(=O)=O)cc2)nc2cc(S(N)(=O)=O)ccc21. The van der Waals surface area contributed by atoms with Gasteiger partial charge in [0, 0.05) is 12.2 Å². The number of hydrogen-bond donors (Lipinski definition) is 3. The number of rotatable bonds is 8. The molecule has 32 heavy (non-hydrogen) atoms. The average Bonchev–Trinajstić information content (AvgIpc) is 3.03. The molecule has 0 saturated heterocycles. The maximum Gasteiger partial charge on any atom is 0.238 e. The molecule has 0 spiro atoms. The first-order chi connectivity index (χ1) is 14.9. The number of amides is 1. The summed E-state index contributed by atoms with van der Waals surface area (Å²) in [5.41, 5.74) is 1.64. The minimum Gasteiger partial charge on any atom is -0.325 e. The summed E-state index contributed by atoms with van der Waals surface area (Å²) < 4.78 is 47.9. The Morgan fingerprint density at radius 1 is 1.06 bits per heavy atom. The number of imidazole rings is 1. The van der Waals surface area contributed by atoms with E-state index in [1.165, 1.54) is 48.2 Å². The van der Waals surface area contributed by atoms with Gasteiger partial charge in [0.15, 0.2) is 5.16 Å². The number of fused-ring (bicyclic) bond motifs is 1. The Balaban J connectivity index is 1.82. The zero-order chi connectivity index (χ0) is 23.7. The van der Waals surface area contributed by atoms with E-state index < -0.39 is 25.3 Å². The number of carbonyl (C=O) groups is 1. The Labute approximate surface area is 190 Å². The van der Waals surface area contributed by atoms with Crippen LogP contribution >= 0.6 is 11.8 Å². The Morgan fingerprint density at radius 3 is 2.22 bits per heavy atom. The minimum atomic E-state index is -3.86. The van der Waals surface area contributed by atoms with Gasteiger partial charge in [0.1, 0.15) is 0 Å². The number of hydrogen-bond acceptors (Lipinski definition) is 7. The lowest BCUT2D eigenvalue weighted by Gasteiger charge is -2.13. The predicted octanol–water partition coefficient (Wildman–Crippen LogP) is 1.86. The number of sulfonamides is 2. The summed E-state index contributed by atoms with van der Waals surface area (Å²) in [5.74, 6) is -0.307. The number of nitrogens with zero attached hydrogens (tertiary/aromatic N) is 2. The Morgan fingerprint density at radius 2 is 1.66 bits per heavy atom. The molecule has 5 N–H and O–H groups in total. The fraction of sp³-hybridized carbons (Fsp3) is 0.263. The molecule has 13 heteroatoms. The van der Waals surface area contributed by atoms with Gasteiger partial charge in [0.2, 0.25) is 26.0 Å². The highest BCUT2D eigenvalue weighted by molar-refractivity contribution is 8.00. The van der Waals surface area contributed by atoms with E-state index in [1.807, 2.05) is 11.5 Å². The number of aryl methyl sites for hydroxylation is 1. The molecule has 2 aromatic carbocycles. The largest absolute Gasteiger partial charge is 0.325 e. The van der Waals surface area contributed by atoms with Crippen LogP contribution in [0.15, 0.2) is 57.4 Å². The van der Waals surface area contributed by atoms with E-state index in [0.29, 0.717) is 22.9 Å². The molecule has 3 aromatic rings. The van der Waals surface area contributed by atoms with Gasteiger partial charge in [0.05, 0.1) is 26.1 Å². The first-order valence-electron chi connectivity index (χ1n) is 9.53. The number of nitrogens with two attached hydrogens (primary N) is 2. The van der Waals surface area contributed by atoms with Crippen LogP contribution in [0.25, 0.3) is 11.0 Å². The van der Waals surface area contributed by atoms with Crippen LogP contribution in [-0.2, 0) is 31.4 Å². The van der Waals surface area contributed by atoms with Gasteiger partial charge in [-0.3, -0.25) is 4.79 Å². The van der Waals surface area contributed by atoms with E-state index in [2.05, 4.69) is 10.3 Å². The van der Waals surface area contributed by atoms with Crippen LogP contribution < -0.4 is 15.6 Å². The lowest BCUT2D eigenvalue weighted by Crippen LogP contribution is -2.23. The lowest BCUT2D eigenvalue weighted by molar-refractivity contribution is -0.115. The van der Waals surface area contributed by atoms with E-state index >= 15 is 0 Å². The van der Waals surface area contributed by atoms with E-state index in [1.54, 1.807) is 13.0 Å². The number of primary sulfonamides is 2. The third-order valence-electron chi connectivity index (χ3n) is 4.56. The number of thioether (sulfide) groups is 1. The van der Waals surface area contributed by atoms with Crippen LogP contribution in [0.2, 0.25) is 0 Å². The lowest BCUT2D eigenvalue weighted by atomic mass is 10.3. The van der Waals surface area contributed by atoms with Crippen LogP contribution in [0, 0.1) is 0 Å². The van der Waals surface area contributed by atoms with Gasteiger partial charge in [-0.15, -0.1) is 0 Å². The molecule has 1 heterocycles. The maximum atomic E-state index is 12.7. The Kier molecular flexibility index (Phi) is 6.95. The first kappa shape index (κ1) is 24.2. The summed E-state index contributed by atoms with van der Waals surface area (Å²) in [5, 5.41) is 13.0. The molecule has 0 aliphatic heterocycles. The van der Waals surface area contributed by atoms with E-state index in [-0.39, 0.29) is 15.7 Å². The molecule has 10 nitrogen and oxygen atoms in total. The van der Waals surface area contributed by atoms with Gasteiger partial charge < -0.3 is 9.88 Å². The molecule has 0 saturated carbocycles. The maximum absolute atomic E-state index is 12.7. The average molecular weight is 498 g/mol. The fourth-order valence-electron chi connectivity index (χ4n) is 2.98. The number of carbonyl (C=O) groups excluding carboxylic acids is 1. The summed E-state index contributed by atoms with van der Waals surface area (Å²) in [6.45, 7) is 4.35. The molecule has 0 aliphatic carbocycles. The highest BCUT2D eigenvalue weighted by atomic mass is 32.2. The minimum absolute atomic E-state index is 0.0311. The Hall–Kier alpha value is -2.45. The third kappa shape index (κ3) is 5.48. The summed E-state index contributed by atoms with van der Waals surface area (Å²) in [4.78, 5) is 17.1. The molecule has 1 amide bonds. The van der Waals surface area contributed by atoms with Crippen molar-refractivity contribution in [1.82, 2.24) is 9.55 Å². The van der Waals surface area contributed by atoms with Crippen LogP contribution in [0.4, 0.5) is 5.69 Å². The van der Waals surface area contributed by atoms with Gasteiger partial charge in [-0.25, -0.2) is 32.1 Å². The van der Waals surface area contributed by atoms with E-state index in [9.17, 15) is 21.6 Å². The molecule has 0 fully saturated rings. The quantitative estimate of drug-likeness (QED) is 0.399. The van der Waals surface area contributed by atoms with Crippen molar-refractivity contribution in [3.05, 3.63) is 42.5 Å².